The van der Waals surface area contributed by atoms with Crippen LogP contribution in [0.4, 0.5) is 0 Å². The number of amides is 2. The lowest BCUT2D eigenvalue weighted by Crippen LogP contribution is -2.41. The number of carbonyl (C=O) groups excluding carboxylic acids is 2. The van der Waals surface area contributed by atoms with Gasteiger partial charge in [-0.1, -0.05) is 30.3 Å². The van der Waals surface area contributed by atoms with Crippen LogP contribution in [0.3, 0.4) is 0 Å². The van der Waals surface area contributed by atoms with Crippen LogP contribution < -0.4 is 15.8 Å². The number of primary amides is 1. The summed E-state index contributed by atoms with van der Waals surface area (Å²) in [6, 6.07) is 16.6. The second-order valence-corrected chi connectivity index (χ2v) is 6.08. The number of nitrogens with one attached hydrogen (secondary N) is 1. The molecular formula is C20H24N2O3. The van der Waals surface area contributed by atoms with Crippen molar-refractivity contribution in [2.24, 2.45) is 5.73 Å². The van der Waals surface area contributed by atoms with Crippen molar-refractivity contribution in [1.29, 1.82) is 0 Å². The summed E-state index contributed by atoms with van der Waals surface area (Å²) in [5, 5.41) is 2.96. The molecule has 0 fully saturated rings. The Hall–Kier alpha value is -2.82. The van der Waals surface area contributed by atoms with Crippen LogP contribution in [0.2, 0.25) is 0 Å². The van der Waals surface area contributed by atoms with Crippen molar-refractivity contribution < 1.29 is 14.3 Å². The monoisotopic (exact) mass is 340 g/mol. The summed E-state index contributed by atoms with van der Waals surface area (Å²) in [5.74, 6) is -0.145. The van der Waals surface area contributed by atoms with E-state index in [0.29, 0.717) is 11.3 Å². The highest BCUT2D eigenvalue weighted by molar-refractivity contribution is 5.92. The molecule has 0 aromatic heterocycles. The third-order valence-corrected chi connectivity index (χ3v) is 3.92. The zero-order chi connectivity index (χ0) is 18.2. The van der Waals surface area contributed by atoms with Crippen molar-refractivity contribution in [2.45, 2.75) is 38.8 Å². The van der Waals surface area contributed by atoms with Crippen molar-refractivity contribution in [3.05, 3.63) is 65.7 Å². The number of aryl methyl sites for hydroxylation is 1. The van der Waals surface area contributed by atoms with Crippen LogP contribution >= 0.6 is 0 Å². The van der Waals surface area contributed by atoms with Gasteiger partial charge in [0, 0.05) is 11.6 Å². The molecule has 0 spiro atoms. The average Bonchev–Trinajstić information content (AvgIpc) is 2.61. The zero-order valence-electron chi connectivity index (χ0n) is 14.6. The van der Waals surface area contributed by atoms with Gasteiger partial charge in [0.1, 0.15) is 5.75 Å². The third-order valence-electron chi connectivity index (χ3n) is 3.92. The lowest BCUT2D eigenvalue weighted by molar-refractivity contribution is -0.127. The SMILES string of the molecule is C[C@@H](CCc1ccccc1)NC(=O)[C@@H](C)Oc1ccc(C(N)=O)cc1. The first-order valence-corrected chi connectivity index (χ1v) is 8.36. The van der Waals surface area contributed by atoms with Crippen LogP contribution in [0.5, 0.6) is 5.75 Å². The molecule has 0 heterocycles. The summed E-state index contributed by atoms with van der Waals surface area (Å²) in [4.78, 5) is 23.3. The van der Waals surface area contributed by atoms with Crippen molar-refractivity contribution in [1.82, 2.24) is 5.32 Å². The molecule has 132 valence electrons. The first-order chi connectivity index (χ1) is 12.0. The fourth-order valence-electron chi connectivity index (χ4n) is 2.42. The zero-order valence-corrected chi connectivity index (χ0v) is 14.6. The minimum Gasteiger partial charge on any atom is -0.481 e. The average molecular weight is 340 g/mol. The largest absolute Gasteiger partial charge is 0.481 e. The maximum atomic E-state index is 12.2. The van der Waals surface area contributed by atoms with Gasteiger partial charge in [-0.15, -0.1) is 0 Å². The van der Waals surface area contributed by atoms with Gasteiger partial charge in [0.25, 0.3) is 5.91 Å². The number of rotatable bonds is 8. The highest BCUT2D eigenvalue weighted by atomic mass is 16.5. The summed E-state index contributed by atoms with van der Waals surface area (Å²) in [7, 11) is 0. The minimum absolute atomic E-state index is 0.0518. The van der Waals surface area contributed by atoms with Gasteiger partial charge in [0.2, 0.25) is 5.91 Å². The Balaban J connectivity index is 1.79. The molecule has 0 radical (unpaired) electrons. The molecule has 0 aliphatic rings. The quantitative estimate of drug-likeness (QED) is 0.775. The van der Waals surface area contributed by atoms with Gasteiger partial charge in [0.15, 0.2) is 6.10 Å². The number of benzene rings is 2. The lowest BCUT2D eigenvalue weighted by atomic mass is 10.1. The summed E-state index contributed by atoms with van der Waals surface area (Å²) in [6.45, 7) is 3.68. The van der Waals surface area contributed by atoms with E-state index in [1.807, 2.05) is 25.1 Å². The van der Waals surface area contributed by atoms with E-state index in [2.05, 4.69) is 17.4 Å². The summed E-state index contributed by atoms with van der Waals surface area (Å²) in [5.41, 5.74) is 6.85. The van der Waals surface area contributed by atoms with E-state index in [1.54, 1.807) is 31.2 Å². The van der Waals surface area contributed by atoms with Gasteiger partial charge in [-0.25, -0.2) is 0 Å². The summed E-state index contributed by atoms with van der Waals surface area (Å²) >= 11 is 0. The maximum Gasteiger partial charge on any atom is 0.260 e. The standard InChI is InChI=1S/C20H24N2O3/c1-14(8-9-16-6-4-3-5-7-16)22-20(24)15(2)25-18-12-10-17(11-13-18)19(21)23/h3-7,10-15H,8-9H2,1-2H3,(H2,21,23)(H,22,24)/t14-,15+/m0/s1. The Morgan fingerprint density at radius 1 is 1.04 bits per heavy atom. The molecule has 5 nitrogen and oxygen atoms in total. The Morgan fingerprint density at radius 3 is 2.28 bits per heavy atom. The minimum atomic E-state index is -0.626. The highest BCUT2D eigenvalue weighted by Gasteiger charge is 2.17. The molecule has 0 unspecified atom stereocenters. The molecule has 25 heavy (non-hydrogen) atoms. The molecule has 0 aliphatic heterocycles. The van der Waals surface area contributed by atoms with Gasteiger partial charge in [-0.3, -0.25) is 9.59 Å². The van der Waals surface area contributed by atoms with E-state index >= 15 is 0 Å². The van der Waals surface area contributed by atoms with Crippen molar-refractivity contribution in [2.75, 3.05) is 0 Å². The van der Waals surface area contributed by atoms with E-state index in [-0.39, 0.29) is 11.9 Å². The molecule has 2 amide bonds. The first-order valence-electron chi connectivity index (χ1n) is 8.36. The van der Waals surface area contributed by atoms with Crippen molar-refractivity contribution >= 4 is 11.8 Å². The Kier molecular flexibility index (Phi) is 6.57. The number of hydrogen-bond donors (Lipinski definition) is 2. The number of ether oxygens (including phenoxy) is 1. The van der Waals surface area contributed by atoms with Gasteiger partial charge >= 0.3 is 0 Å². The molecule has 0 bridgehead atoms. The van der Waals surface area contributed by atoms with Crippen molar-refractivity contribution in [3.63, 3.8) is 0 Å². The predicted molar refractivity (Wildman–Crippen MR) is 97.4 cm³/mol. The molecule has 2 atom stereocenters. The second-order valence-electron chi connectivity index (χ2n) is 6.08. The summed E-state index contributed by atoms with van der Waals surface area (Å²) in [6.07, 6.45) is 1.14. The Labute approximate surface area is 148 Å². The van der Waals surface area contributed by atoms with Gasteiger partial charge in [0.05, 0.1) is 0 Å². The predicted octanol–water partition coefficient (Wildman–Crippen LogP) is 2.69. The third kappa shape index (κ3) is 5.95. The van der Waals surface area contributed by atoms with E-state index < -0.39 is 12.0 Å². The van der Waals surface area contributed by atoms with Crippen LogP contribution in [-0.2, 0) is 11.2 Å². The second kappa shape index (κ2) is 8.87. The molecule has 2 rings (SSSR count). The van der Waals surface area contributed by atoms with Crippen LogP contribution in [0.1, 0.15) is 36.2 Å². The van der Waals surface area contributed by atoms with E-state index in [1.165, 1.54) is 5.56 Å². The molecule has 3 N–H and O–H groups in total. The molecule has 2 aromatic carbocycles. The van der Waals surface area contributed by atoms with Crippen LogP contribution in [-0.4, -0.2) is 24.0 Å². The fraction of sp³-hybridized carbons (Fsp3) is 0.300. The van der Waals surface area contributed by atoms with Gasteiger partial charge < -0.3 is 15.8 Å². The van der Waals surface area contributed by atoms with Crippen molar-refractivity contribution in [3.8, 4) is 5.75 Å². The normalized spacial score (nSPS) is 12.9. The van der Waals surface area contributed by atoms with E-state index in [4.69, 9.17) is 10.5 Å². The molecule has 2 aromatic rings. The first kappa shape index (κ1) is 18.5. The topological polar surface area (TPSA) is 81.4 Å². The highest BCUT2D eigenvalue weighted by Crippen LogP contribution is 2.14. The molecule has 5 heteroatoms. The van der Waals surface area contributed by atoms with E-state index in [9.17, 15) is 9.59 Å². The summed E-state index contributed by atoms with van der Waals surface area (Å²) < 4.78 is 5.61. The van der Waals surface area contributed by atoms with Crippen LogP contribution in [0, 0.1) is 0 Å². The lowest BCUT2D eigenvalue weighted by Gasteiger charge is -2.19. The molecule has 0 aliphatic carbocycles. The number of carbonyl (C=O) groups is 2. The molecular weight excluding hydrogens is 316 g/mol. The van der Waals surface area contributed by atoms with Gasteiger partial charge in [-0.2, -0.15) is 0 Å². The Bertz CT molecular complexity index is 699. The molecule has 0 saturated heterocycles. The smallest absolute Gasteiger partial charge is 0.260 e. The van der Waals surface area contributed by atoms with Crippen LogP contribution in [0.15, 0.2) is 54.6 Å². The number of nitrogens with two attached hydrogens (primary N) is 1. The van der Waals surface area contributed by atoms with Crippen LogP contribution in [0.25, 0.3) is 0 Å². The van der Waals surface area contributed by atoms with Gasteiger partial charge in [-0.05, 0) is 56.5 Å². The number of hydrogen-bond acceptors (Lipinski definition) is 3. The Morgan fingerprint density at radius 2 is 1.68 bits per heavy atom. The molecule has 0 saturated carbocycles. The maximum absolute atomic E-state index is 12.2. The van der Waals surface area contributed by atoms with E-state index in [0.717, 1.165) is 12.8 Å². The fourth-order valence-corrected chi connectivity index (χ4v) is 2.42.